The maximum atomic E-state index is 13.6. The highest BCUT2D eigenvalue weighted by molar-refractivity contribution is 6.32. The van der Waals surface area contributed by atoms with Crippen LogP contribution in [0.5, 0.6) is 0 Å². The molecular weight excluding hydrogens is 409 g/mol. The van der Waals surface area contributed by atoms with Crippen LogP contribution in [0.1, 0.15) is 37.8 Å². The number of aromatic nitrogens is 1. The van der Waals surface area contributed by atoms with E-state index >= 15 is 0 Å². The van der Waals surface area contributed by atoms with Crippen molar-refractivity contribution in [2.24, 2.45) is 5.92 Å². The van der Waals surface area contributed by atoms with E-state index in [1.807, 2.05) is 26.0 Å². The molecule has 0 aliphatic carbocycles. The Balaban J connectivity index is 1.50. The molecule has 0 saturated carbocycles. The summed E-state index contributed by atoms with van der Waals surface area (Å²) in [5.74, 6) is 1.05. The summed E-state index contributed by atoms with van der Waals surface area (Å²) in [5.41, 5.74) is 2.81. The number of ether oxygens (including phenoxy) is 1. The predicted molar refractivity (Wildman–Crippen MR) is 121 cm³/mol. The fourth-order valence-electron chi connectivity index (χ4n) is 4.71. The Morgan fingerprint density at radius 1 is 1.25 bits per heavy atom. The second-order valence-corrected chi connectivity index (χ2v) is 9.07. The first-order chi connectivity index (χ1) is 15.4. The molecule has 2 N–H and O–H groups in total. The van der Waals surface area contributed by atoms with Crippen LogP contribution in [0.25, 0.3) is 11.1 Å². The van der Waals surface area contributed by atoms with E-state index in [1.165, 1.54) is 12.1 Å². The molecule has 6 nitrogen and oxygen atoms in total. The zero-order chi connectivity index (χ0) is 22.5. The first kappa shape index (κ1) is 20.7. The van der Waals surface area contributed by atoms with Gasteiger partial charge < -0.3 is 20.1 Å². The molecule has 32 heavy (non-hydrogen) atoms. The number of pyridine rings is 1. The fraction of sp³-hybridized carbons (Fsp3) is 0.360. The SMILES string of the molecule is CC1(C)OC(=C2C(=O)Nc3cc(F)ccc32)C=C1c1ccnc(N2CCC(CO)CC2)c1. The molecule has 0 atom stereocenters. The van der Waals surface area contributed by atoms with E-state index in [4.69, 9.17) is 4.74 Å². The molecule has 4 heterocycles. The van der Waals surface area contributed by atoms with Gasteiger partial charge in [0.1, 0.15) is 23.0 Å². The lowest BCUT2D eigenvalue weighted by atomic mass is 9.92. The van der Waals surface area contributed by atoms with Crippen molar-refractivity contribution in [3.05, 3.63) is 65.3 Å². The molecule has 0 spiro atoms. The Labute approximate surface area is 186 Å². The van der Waals surface area contributed by atoms with Crippen LogP contribution in [0.15, 0.2) is 48.4 Å². The third-order valence-corrected chi connectivity index (χ3v) is 6.52. The Kier molecular flexibility index (Phi) is 5.01. The van der Waals surface area contributed by atoms with E-state index in [9.17, 15) is 14.3 Å². The number of benzene rings is 1. The average molecular weight is 435 g/mol. The lowest BCUT2D eigenvalue weighted by Gasteiger charge is -2.32. The number of amides is 1. The standard InChI is InChI=1S/C25H26FN3O3/c1-25(2)19(16-5-8-27-22(11-16)29-9-6-15(14-30)7-10-29)13-21(32-25)23-18-4-3-17(26)12-20(18)28-24(23)31/h3-5,8,11-13,15,30H,6-7,9-10,14H2,1-2H3,(H,28,31). The summed E-state index contributed by atoms with van der Waals surface area (Å²) in [6, 6.07) is 8.28. The van der Waals surface area contributed by atoms with Gasteiger partial charge in [-0.25, -0.2) is 9.37 Å². The van der Waals surface area contributed by atoms with Crippen molar-refractivity contribution in [2.75, 3.05) is 29.9 Å². The summed E-state index contributed by atoms with van der Waals surface area (Å²) in [5, 5.41) is 12.1. The lowest BCUT2D eigenvalue weighted by Crippen LogP contribution is -2.35. The second kappa shape index (κ2) is 7.74. The minimum absolute atomic E-state index is 0.237. The summed E-state index contributed by atoms with van der Waals surface area (Å²) in [4.78, 5) is 19.5. The molecule has 1 aromatic carbocycles. The smallest absolute Gasteiger partial charge is 0.260 e. The third-order valence-electron chi connectivity index (χ3n) is 6.52. The number of nitrogens with one attached hydrogen (secondary N) is 1. The van der Waals surface area contributed by atoms with Gasteiger partial charge in [-0.1, -0.05) is 0 Å². The summed E-state index contributed by atoms with van der Waals surface area (Å²) < 4.78 is 19.8. The van der Waals surface area contributed by atoms with Gasteiger partial charge >= 0.3 is 0 Å². The van der Waals surface area contributed by atoms with E-state index in [0.29, 0.717) is 28.5 Å². The normalized spacial score (nSPS) is 22.4. The second-order valence-electron chi connectivity index (χ2n) is 9.07. The Hall–Kier alpha value is -3.19. The highest BCUT2D eigenvalue weighted by atomic mass is 19.1. The number of allylic oxidation sites excluding steroid dienone is 1. The van der Waals surface area contributed by atoms with Crippen molar-refractivity contribution in [3.8, 4) is 0 Å². The predicted octanol–water partition coefficient (Wildman–Crippen LogP) is 3.99. The van der Waals surface area contributed by atoms with Crippen molar-refractivity contribution in [2.45, 2.75) is 32.3 Å². The van der Waals surface area contributed by atoms with E-state index < -0.39 is 11.4 Å². The summed E-state index contributed by atoms with van der Waals surface area (Å²) >= 11 is 0. The summed E-state index contributed by atoms with van der Waals surface area (Å²) in [6.45, 7) is 5.91. The minimum atomic E-state index is -0.645. The van der Waals surface area contributed by atoms with Gasteiger partial charge in [0.2, 0.25) is 0 Å². The third kappa shape index (κ3) is 3.56. The number of hydrogen-bond acceptors (Lipinski definition) is 5. The number of carbonyl (C=O) groups is 1. The summed E-state index contributed by atoms with van der Waals surface area (Å²) in [7, 11) is 0. The van der Waals surface area contributed by atoms with Crippen molar-refractivity contribution >= 4 is 28.6 Å². The lowest BCUT2D eigenvalue weighted by molar-refractivity contribution is -0.111. The van der Waals surface area contributed by atoms with Gasteiger partial charge in [-0.05, 0) is 74.6 Å². The zero-order valence-electron chi connectivity index (χ0n) is 18.2. The molecule has 2 aromatic rings. The molecule has 5 rings (SSSR count). The number of aliphatic hydroxyl groups excluding tert-OH is 1. The zero-order valence-corrected chi connectivity index (χ0v) is 18.2. The fourth-order valence-corrected chi connectivity index (χ4v) is 4.71. The van der Waals surface area contributed by atoms with E-state index in [2.05, 4.69) is 21.3 Å². The molecule has 0 bridgehead atoms. The number of fused-ring (bicyclic) bond motifs is 1. The molecule has 3 aliphatic heterocycles. The van der Waals surface area contributed by atoms with Crippen molar-refractivity contribution in [3.63, 3.8) is 0 Å². The first-order valence-corrected chi connectivity index (χ1v) is 10.9. The molecule has 7 heteroatoms. The number of hydrogen-bond donors (Lipinski definition) is 2. The minimum Gasteiger partial charge on any atom is -0.482 e. The molecule has 1 saturated heterocycles. The van der Waals surface area contributed by atoms with Crippen LogP contribution < -0.4 is 10.2 Å². The number of aliphatic hydroxyl groups is 1. The van der Waals surface area contributed by atoms with E-state index in [1.54, 1.807) is 12.3 Å². The Bertz CT molecular complexity index is 1150. The average Bonchev–Trinajstić information content (AvgIpc) is 3.27. The van der Waals surface area contributed by atoms with Crippen LogP contribution in [0.4, 0.5) is 15.9 Å². The van der Waals surface area contributed by atoms with E-state index in [-0.39, 0.29) is 12.5 Å². The van der Waals surface area contributed by atoms with Crippen molar-refractivity contribution in [1.82, 2.24) is 4.98 Å². The summed E-state index contributed by atoms with van der Waals surface area (Å²) in [6.07, 6.45) is 5.60. The molecule has 1 aromatic heterocycles. The number of nitrogens with zero attached hydrogens (tertiary/aromatic N) is 2. The topological polar surface area (TPSA) is 74.7 Å². The van der Waals surface area contributed by atoms with Crippen LogP contribution >= 0.6 is 0 Å². The highest BCUT2D eigenvalue weighted by Gasteiger charge is 2.38. The number of anilines is 2. The molecule has 1 fully saturated rings. The van der Waals surface area contributed by atoms with Gasteiger partial charge in [-0.3, -0.25) is 4.79 Å². The Morgan fingerprint density at radius 2 is 2.03 bits per heavy atom. The molecule has 1 amide bonds. The molecule has 3 aliphatic rings. The van der Waals surface area contributed by atoms with Gasteiger partial charge in [0.15, 0.2) is 0 Å². The monoisotopic (exact) mass is 435 g/mol. The van der Waals surface area contributed by atoms with Gasteiger partial charge in [0.25, 0.3) is 5.91 Å². The van der Waals surface area contributed by atoms with Crippen molar-refractivity contribution < 1.29 is 19.0 Å². The van der Waals surface area contributed by atoms with Crippen LogP contribution in [0, 0.1) is 11.7 Å². The van der Waals surface area contributed by atoms with Gasteiger partial charge in [-0.2, -0.15) is 0 Å². The van der Waals surface area contributed by atoms with Crippen molar-refractivity contribution in [1.29, 1.82) is 0 Å². The Morgan fingerprint density at radius 3 is 2.78 bits per heavy atom. The maximum absolute atomic E-state index is 13.6. The van der Waals surface area contributed by atoms with Crippen LogP contribution in [0.2, 0.25) is 0 Å². The van der Waals surface area contributed by atoms with E-state index in [0.717, 1.165) is 42.9 Å². The quantitative estimate of drug-likeness (QED) is 0.714. The van der Waals surface area contributed by atoms with Gasteiger partial charge in [0, 0.05) is 37.0 Å². The largest absolute Gasteiger partial charge is 0.482 e. The number of halogens is 1. The molecule has 0 unspecified atom stereocenters. The first-order valence-electron chi connectivity index (χ1n) is 10.9. The maximum Gasteiger partial charge on any atom is 0.260 e. The number of rotatable bonds is 3. The number of carbonyl (C=O) groups excluding carboxylic acids is 1. The van der Waals surface area contributed by atoms with Crippen LogP contribution in [-0.4, -0.2) is 41.3 Å². The highest BCUT2D eigenvalue weighted by Crippen LogP contribution is 2.44. The number of piperidine rings is 1. The van der Waals surface area contributed by atoms with Crippen LogP contribution in [0.3, 0.4) is 0 Å². The van der Waals surface area contributed by atoms with Crippen LogP contribution in [-0.2, 0) is 9.53 Å². The molecule has 166 valence electrons. The van der Waals surface area contributed by atoms with Gasteiger partial charge in [-0.15, -0.1) is 0 Å². The molecular formula is C25H26FN3O3. The molecule has 0 radical (unpaired) electrons. The van der Waals surface area contributed by atoms with Gasteiger partial charge in [0.05, 0.1) is 11.3 Å².